The lowest BCUT2D eigenvalue weighted by molar-refractivity contribution is -0.140. The van der Waals surface area contributed by atoms with Crippen LogP contribution in [-0.2, 0) is 9.59 Å². The third-order valence-corrected chi connectivity index (χ3v) is 5.02. The summed E-state index contributed by atoms with van der Waals surface area (Å²) in [5.41, 5.74) is -0.0566. The molecule has 0 aromatic carbocycles. The predicted octanol–water partition coefficient (Wildman–Crippen LogP) is 3.08. The van der Waals surface area contributed by atoms with Crippen LogP contribution in [0, 0.1) is 11.3 Å². The third-order valence-electron chi connectivity index (χ3n) is 5.02. The summed E-state index contributed by atoms with van der Waals surface area (Å²) in [5.74, 6) is 0.734. The van der Waals surface area contributed by atoms with E-state index in [4.69, 9.17) is 0 Å². The van der Waals surface area contributed by atoms with Crippen LogP contribution in [0.15, 0.2) is 0 Å². The van der Waals surface area contributed by atoms with Crippen molar-refractivity contribution in [3.05, 3.63) is 0 Å². The van der Waals surface area contributed by atoms with Crippen LogP contribution in [0.4, 0.5) is 0 Å². The summed E-state index contributed by atoms with van der Waals surface area (Å²) >= 11 is 0. The first-order chi connectivity index (χ1) is 8.43. The Hall–Kier alpha value is -0.860. The fourth-order valence-electron chi connectivity index (χ4n) is 3.74. The second-order valence-electron chi connectivity index (χ2n) is 6.48. The summed E-state index contributed by atoms with van der Waals surface area (Å²) in [7, 11) is 0. The molecule has 3 rings (SSSR count). The van der Waals surface area contributed by atoms with Crippen molar-refractivity contribution < 1.29 is 11.0 Å². The average molecular weight is 253 g/mol. The Balaban J connectivity index is 0.00000180. The van der Waals surface area contributed by atoms with Gasteiger partial charge < -0.3 is 5.32 Å². The largest absolute Gasteiger partial charge is 0.351 e. The minimum Gasteiger partial charge on any atom is -0.351 e. The molecule has 0 aromatic heterocycles. The Kier molecular flexibility index (Phi) is 3.52. The smallest absolute Gasteiger partial charge is 0.220 e. The molecule has 0 unspecified atom stereocenters. The molecule has 3 aliphatic carbocycles. The molecule has 0 heterocycles. The number of carbonyl (C=O) groups is 2. The van der Waals surface area contributed by atoms with Crippen LogP contribution < -0.4 is 5.32 Å². The molecular formula is C15H27NO2. The van der Waals surface area contributed by atoms with E-state index in [9.17, 15) is 9.59 Å². The molecule has 3 fully saturated rings. The highest BCUT2D eigenvalue weighted by Gasteiger charge is 2.52. The van der Waals surface area contributed by atoms with Crippen molar-refractivity contribution in [1.29, 1.82) is 0 Å². The van der Waals surface area contributed by atoms with Crippen molar-refractivity contribution in [2.24, 2.45) is 11.3 Å². The molecule has 0 aromatic rings. The van der Waals surface area contributed by atoms with E-state index in [-0.39, 0.29) is 24.2 Å². The molecule has 0 aliphatic heterocycles. The monoisotopic (exact) mass is 253 g/mol. The van der Waals surface area contributed by atoms with Crippen LogP contribution in [0.5, 0.6) is 0 Å². The van der Waals surface area contributed by atoms with E-state index in [0.29, 0.717) is 12.2 Å². The summed E-state index contributed by atoms with van der Waals surface area (Å²) in [5, 5.41) is 3.20. The minimum absolute atomic E-state index is 0. The number of ketones is 1. The lowest BCUT2D eigenvalue weighted by atomic mass is 9.54. The van der Waals surface area contributed by atoms with Crippen LogP contribution in [-0.4, -0.2) is 17.2 Å². The second kappa shape index (κ2) is 4.67. The quantitative estimate of drug-likeness (QED) is 0.837. The van der Waals surface area contributed by atoms with Gasteiger partial charge in [-0.05, 0) is 38.5 Å². The van der Waals surface area contributed by atoms with Crippen LogP contribution in [0.1, 0.15) is 67.1 Å². The minimum atomic E-state index is -0.0626. The van der Waals surface area contributed by atoms with Crippen LogP contribution in [0.3, 0.4) is 0 Å². The molecule has 3 heteroatoms. The molecule has 3 nitrogen and oxygen atoms in total. The second-order valence-corrected chi connectivity index (χ2v) is 6.48. The van der Waals surface area contributed by atoms with Gasteiger partial charge in [0, 0.05) is 24.7 Å². The van der Waals surface area contributed by atoms with Crippen molar-refractivity contribution in [1.82, 2.24) is 5.32 Å². The number of nitrogens with one attached hydrogen (secondary N) is 1. The lowest BCUT2D eigenvalue weighted by Crippen LogP contribution is -2.58. The molecule has 3 saturated carbocycles. The van der Waals surface area contributed by atoms with Crippen LogP contribution in [0.25, 0.3) is 0 Å². The molecule has 3 aliphatic rings. The Labute approximate surface area is 111 Å². The normalized spacial score (nSPS) is 34.7. The van der Waals surface area contributed by atoms with Crippen molar-refractivity contribution in [3.63, 3.8) is 0 Å². The zero-order valence-corrected chi connectivity index (χ0v) is 11.8. The zero-order chi connectivity index (χ0) is 13.4. The van der Waals surface area contributed by atoms with Gasteiger partial charge in [-0.2, -0.15) is 0 Å². The Morgan fingerprint density at radius 3 is 2.00 bits per heavy atom. The van der Waals surface area contributed by atoms with Crippen LogP contribution in [0.2, 0.25) is 0 Å². The molecule has 0 saturated heterocycles. The molecule has 104 valence electrons. The number of fused-ring (bicyclic) bond motifs is 3. The van der Waals surface area contributed by atoms with Gasteiger partial charge in [0.15, 0.2) is 0 Å². The molecule has 1 amide bonds. The highest BCUT2D eigenvalue weighted by molar-refractivity contribution is 5.87. The Bertz CT molecular complexity index is 341. The number of hydrogen-bond donors (Lipinski definition) is 1. The zero-order valence-electron chi connectivity index (χ0n) is 11.8. The fourth-order valence-corrected chi connectivity index (χ4v) is 3.74. The van der Waals surface area contributed by atoms with Gasteiger partial charge in [-0.3, -0.25) is 9.59 Å². The van der Waals surface area contributed by atoms with Gasteiger partial charge in [-0.1, -0.05) is 20.8 Å². The van der Waals surface area contributed by atoms with Gasteiger partial charge in [0.2, 0.25) is 5.91 Å². The molecule has 0 spiro atoms. The van der Waals surface area contributed by atoms with Crippen molar-refractivity contribution in [2.75, 3.05) is 0 Å². The SMILES string of the molecule is CCC(=O)NC12CCC(C(=O)C(C)C)(CC1)CC2.[HH]. The van der Waals surface area contributed by atoms with Gasteiger partial charge in [0.1, 0.15) is 5.78 Å². The first-order valence-electron chi connectivity index (χ1n) is 7.28. The molecule has 0 atom stereocenters. The van der Waals surface area contributed by atoms with E-state index in [1.54, 1.807) is 0 Å². The summed E-state index contributed by atoms with van der Waals surface area (Å²) in [6.07, 6.45) is 6.40. The maximum Gasteiger partial charge on any atom is 0.220 e. The number of rotatable bonds is 4. The lowest BCUT2D eigenvalue weighted by Gasteiger charge is -2.53. The summed E-state index contributed by atoms with van der Waals surface area (Å²) in [4.78, 5) is 24.0. The van der Waals surface area contributed by atoms with Crippen LogP contribution >= 0.6 is 0 Å². The molecule has 18 heavy (non-hydrogen) atoms. The molecular weight excluding hydrogens is 226 g/mol. The van der Waals surface area contributed by atoms with E-state index >= 15 is 0 Å². The van der Waals surface area contributed by atoms with E-state index in [1.807, 2.05) is 20.8 Å². The number of Topliss-reactive ketones (excluding diaryl/α,β-unsaturated/α-hetero) is 1. The molecule has 0 radical (unpaired) electrons. The number of hydrogen-bond acceptors (Lipinski definition) is 2. The van der Waals surface area contributed by atoms with E-state index in [2.05, 4.69) is 5.32 Å². The maximum absolute atomic E-state index is 12.4. The number of carbonyl (C=O) groups excluding carboxylic acids is 2. The Morgan fingerprint density at radius 1 is 1.11 bits per heavy atom. The average Bonchev–Trinajstić information content (AvgIpc) is 2.39. The standard InChI is InChI=1S/C15H25NO2.H2/c1-4-12(17)16-15-8-5-14(6-9-15,7-10-15)13(18)11(2)3;/h11H,4-10H2,1-3H3,(H,16,17);1H. The first kappa shape index (κ1) is 13.6. The fraction of sp³-hybridized carbons (Fsp3) is 0.867. The molecule has 2 bridgehead atoms. The summed E-state index contributed by atoms with van der Waals surface area (Å²) in [6, 6.07) is 0. The number of amides is 1. The van der Waals surface area contributed by atoms with Gasteiger partial charge in [-0.15, -0.1) is 0 Å². The maximum atomic E-state index is 12.4. The summed E-state index contributed by atoms with van der Waals surface area (Å²) < 4.78 is 0. The highest BCUT2D eigenvalue weighted by atomic mass is 16.1. The highest BCUT2D eigenvalue weighted by Crippen LogP contribution is 2.53. The van der Waals surface area contributed by atoms with Gasteiger partial charge in [0.25, 0.3) is 0 Å². The van der Waals surface area contributed by atoms with Crippen molar-refractivity contribution >= 4 is 11.7 Å². The van der Waals surface area contributed by atoms with Crippen molar-refractivity contribution in [3.8, 4) is 0 Å². The topological polar surface area (TPSA) is 46.2 Å². The van der Waals surface area contributed by atoms with E-state index < -0.39 is 0 Å². The van der Waals surface area contributed by atoms with Gasteiger partial charge >= 0.3 is 0 Å². The van der Waals surface area contributed by atoms with E-state index in [0.717, 1.165) is 38.5 Å². The van der Waals surface area contributed by atoms with Gasteiger partial charge in [-0.25, -0.2) is 0 Å². The third kappa shape index (κ3) is 2.19. The Morgan fingerprint density at radius 2 is 1.61 bits per heavy atom. The summed E-state index contributed by atoms with van der Waals surface area (Å²) in [6.45, 7) is 5.91. The van der Waals surface area contributed by atoms with Gasteiger partial charge in [0.05, 0.1) is 0 Å². The van der Waals surface area contributed by atoms with E-state index in [1.165, 1.54) is 0 Å². The predicted molar refractivity (Wildman–Crippen MR) is 73.3 cm³/mol. The first-order valence-corrected chi connectivity index (χ1v) is 7.28. The van der Waals surface area contributed by atoms with Crippen molar-refractivity contribution in [2.45, 2.75) is 71.3 Å². The molecule has 1 N–H and O–H groups in total.